The van der Waals surface area contributed by atoms with Crippen molar-refractivity contribution in [1.29, 1.82) is 0 Å². The molecular weight excluding hydrogens is 1290 g/mol. The topological polar surface area (TPSA) is 323 Å². The fourth-order valence-corrected chi connectivity index (χ4v) is 11.2. The minimum atomic E-state index is -1.11. The van der Waals surface area contributed by atoms with Gasteiger partial charge in [-0.05, 0) is 148 Å². The summed E-state index contributed by atoms with van der Waals surface area (Å²) < 4.78 is 64.8. The fraction of sp³-hybridized carbons (Fsp3) is 0.384. The second-order valence-electron chi connectivity index (χ2n) is 24.3. The van der Waals surface area contributed by atoms with Gasteiger partial charge in [0.25, 0.3) is 5.91 Å². The first-order valence-corrected chi connectivity index (χ1v) is 33.2. The van der Waals surface area contributed by atoms with Gasteiger partial charge in [0.2, 0.25) is 46.7 Å². The zero-order valence-electron chi connectivity index (χ0n) is 57.5. The van der Waals surface area contributed by atoms with Gasteiger partial charge in [-0.3, -0.25) is 4.79 Å². The minimum absolute atomic E-state index is 0.0829. The lowest BCUT2D eigenvalue weighted by Crippen LogP contribution is -2.41. The molecule has 10 aromatic rings. The Morgan fingerprint density at radius 3 is 1.19 bits per heavy atom. The molecular formula is C73H83N11O16. The van der Waals surface area contributed by atoms with Gasteiger partial charge in [0.05, 0.1) is 41.2 Å². The fourth-order valence-electron chi connectivity index (χ4n) is 11.2. The summed E-state index contributed by atoms with van der Waals surface area (Å²) in [6.07, 6.45) is 4.76. The molecule has 27 heteroatoms. The van der Waals surface area contributed by atoms with Crippen molar-refractivity contribution in [2.75, 3.05) is 80.4 Å². The lowest BCUT2D eigenvalue weighted by atomic mass is 9.96. The number of aromatic carboxylic acids is 1. The van der Waals surface area contributed by atoms with E-state index in [1.54, 1.807) is 37.2 Å². The number of benzene rings is 5. The van der Waals surface area contributed by atoms with Crippen molar-refractivity contribution in [1.82, 2.24) is 55.9 Å². The van der Waals surface area contributed by atoms with E-state index in [1.165, 1.54) is 6.07 Å². The van der Waals surface area contributed by atoms with E-state index in [-0.39, 0.29) is 35.4 Å². The number of methoxy groups -OCH3 is 3. The number of nitrogens with one attached hydrogen (secondary N) is 1. The van der Waals surface area contributed by atoms with Gasteiger partial charge in [0.1, 0.15) is 17.0 Å². The Hall–Kier alpha value is -11.1. The van der Waals surface area contributed by atoms with Gasteiger partial charge in [-0.2, -0.15) is 15.0 Å². The molecule has 0 aliphatic carbocycles. The Kier molecular flexibility index (Phi) is 24.7. The number of carboxylic acid groups (broad SMARTS) is 1. The Morgan fingerprint density at radius 2 is 0.830 bits per heavy atom. The Balaban J connectivity index is 0.000000150. The molecule has 3 aliphatic rings. The van der Waals surface area contributed by atoms with Gasteiger partial charge in [-0.25, -0.2) is 9.59 Å². The predicted octanol–water partition coefficient (Wildman–Crippen LogP) is 13.7. The summed E-state index contributed by atoms with van der Waals surface area (Å²) in [5.41, 5.74) is 4.88. The second-order valence-corrected chi connectivity index (χ2v) is 24.3. The molecule has 5 aromatic carbocycles. The zero-order chi connectivity index (χ0) is 70.5. The molecule has 0 bridgehead atoms. The van der Waals surface area contributed by atoms with Crippen LogP contribution in [0.15, 0.2) is 150 Å². The highest BCUT2D eigenvalue weighted by Crippen LogP contribution is 2.38. The largest absolute Gasteiger partial charge is 0.493 e. The summed E-state index contributed by atoms with van der Waals surface area (Å²) in [6.45, 7) is 17.4. The number of carboxylic acids is 1. The number of likely N-dealkylation sites (tertiary alicyclic amines) is 2. The van der Waals surface area contributed by atoms with Crippen LogP contribution in [0.2, 0.25) is 0 Å². The molecule has 0 atom stereocenters. The summed E-state index contributed by atoms with van der Waals surface area (Å²) in [5.74, 6) is 6.86. The first kappa shape index (κ1) is 71.7. The minimum Gasteiger partial charge on any atom is -0.493 e. The monoisotopic (exact) mass is 1370 g/mol. The summed E-state index contributed by atoms with van der Waals surface area (Å²) in [5, 5.41) is 32.0. The molecule has 0 radical (unpaired) electrons. The van der Waals surface area contributed by atoms with Crippen molar-refractivity contribution in [3.05, 3.63) is 157 Å². The highest BCUT2D eigenvalue weighted by molar-refractivity contribution is 5.92. The number of hydrogen-bond acceptors (Lipinski definition) is 24. The van der Waals surface area contributed by atoms with Crippen molar-refractivity contribution >= 4 is 18.0 Å². The summed E-state index contributed by atoms with van der Waals surface area (Å²) in [4.78, 5) is 52.9. The van der Waals surface area contributed by atoms with Crippen molar-refractivity contribution < 1.29 is 75.3 Å². The maximum absolute atomic E-state index is 12.9. The second kappa shape index (κ2) is 34.4. The number of amides is 2. The highest BCUT2D eigenvalue weighted by Gasteiger charge is 2.33. The average molecular weight is 1370 g/mol. The van der Waals surface area contributed by atoms with Crippen LogP contribution in [0, 0.1) is 0 Å². The molecule has 3 saturated heterocycles. The van der Waals surface area contributed by atoms with Gasteiger partial charge in [0.15, 0.2) is 34.5 Å². The molecule has 13 rings (SSSR count). The lowest BCUT2D eigenvalue weighted by Gasteiger charge is -2.32. The van der Waals surface area contributed by atoms with Gasteiger partial charge < -0.3 is 76.0 Å². The van der Waals surface area contributed by atoms with Crippen molar-refractivity contribution in [2.24, 2.45) is 0 Å². The summed E-state index contributed by atoms with van der Waals surface area (Å²) in [7, 11) is 4.82. The van der Waals surface area contributed by atoms with E-state index in [4.69, 9.17) is 56.4 Å². The molecule has 27 nitrogen and oxygen atoms in total. The normalized spacial score (nSPS) is 14.2. The molecule has 8 heterocycles. The zero-order valence-corrected chi connectivity index (χ0v) is 57.5. The van der Waals surface area contributed by atoms with Crippen molar-refractivity contribution in [2.45, 2.75) is 103 Å². The first-order chi connectivity index (χ1) is 48.5. The molecule has 526 valence electrons. The third-order valence-corrected chi connectivity index (χ3v) is 16.4. The average Bonchev–Trinajstić information content (AvgIpc) is 1.65. The van der Waals surface area contributed by atoms with Crippen LogP contribution in [0.25, 0.3) is 56.7 Å². The van der Waals surface area contributed by atoms with Crippen LogP contribution in [0.1, 0.15) is 137 Å². The molecule has 3 aliphatic heterocycles. The SMILES string of the molecule is CCOc1ccc(-c2noc(C3CCN(C(=O)OC(C)(C)C)CC3)n2)cc1OC.CCOc1ccc(-c2noc(C3CCN(C(=O)c4cc(-c5ccccc5)no4)CC3)n2)cc1OC.CCOc1ccc(-c2noc(C3CCNCC3)n2)cc1OC.O=C(O)c1cc(-c2ccccc2)no1. The first-order valence-electron chi connectivity index (χ1n) is 33.2. The molecule has 0 saturated carbocycles. The Labute approximate surface area is 578 Å². The van der Waals surface area contributed by atoms with Crippen LogP contribution >= 0.6 is 0 Å². The third-order valence-electron chi connectivity index (χ3n) is 16.4. The highest BCUT2D eigenvalue weighted by atomic mass is 16.6. The number of hydrogen-bond donors (Lipinski definition) is 2. The lowest BCUT2D eigenvalue weighted by molar-refractivity contribution is 0.0197. The predicted molar refractivity (Wildman–Crippen MR) is 366 cm³/mol. The number of rotatable bonds is 19. The maximum atomic E-state index is 12.9. The number of nitrogens with zero attached hydrogens (tertiary/aromatic N) is 10. The number of ether oxygens (including phenoxy) is 7. The van der Waals surface area contributed by atoms with Crippen molar-refractivity contribution in [3.63, 3.8) is 0 Å². The summed E-state index contributed by atoms with van der Waals surface area (Å²) >= 11 is 0. The Bertz CT molecular complexity index is 4240. The number of carbonyl (C=O) groups is 3. The van der Waals surface area contributed by atoms with Crippen LogP contribution < -0.4 is 33.7 Å². The number of piperidine rings is 3. The molecule has 0 unspecified atom stereocenters. The molecule has 2 amide bonds. The number of aromatic nitrogens is 8. The Morgan fingerprint density at radius 1 is 0.460 bits per heavy atom. The van der Waals surface area contributed by atoms with Gasteiger partial charge >= 0.3 is 12.1 Å². The molecule has 0 spiro atoms. The van der Waals surface area contributed by atoms with Crippen molar-refractivity contribution in [3.8, 4) is 91.2 Å². The van der Waals surface area contributed by atoms with E-state index >= 15 is 0 Å². The van der Waals surface area contributed by atoms with E-state index in [0.29, 0.717) is 121 Å². The standard InChI is InChI=1S/C26H26N4O5.C21H29N3O5.C16H21N3O3.C10H7NO3/c1-3-33-21-10-9-19(15-22(21)32-2)24-27-25(35-29-24)18-11-13-30(14-12-18)26(31)23-16-20(28-34-23)17-7-5-4-6-8-17;1-6-27-16-8-7-15(13-17(16)26-5)18-22-19(29-23-18)14-9-11-24(12-10-14)20(25)28-21(2,3)4;1-3-21-13-5-4-12(10-14(13)20-2)15-18-16(22-19-15)11-6-8-17-9-7-11;12-10(13)9-6-8(11-14-9)7-4-2-1-3-5-7/h4-10,15-16,18H,3,11-14H2,1-2H3;7-8,13-14H,6,9-12H2,1-5H3;4-5,10-11,17H,3,6-9H2,1-2H3;1-6H,(H,12,13). The van der Waals surface area contributed by atoms with E-state index in [2.05, 4.69) is 50.6 Å². The van der Waals surface area contributed by atoms with Gasteiger partial charge in [-0.15, -0.1) is 0 Å². The van der Waals surface area contributed by atoms with Crippen LogP contribution in [0.5, 0.6) is 34.5 Å². The van der Waals surface area contributed by atoms with Crippen LogP contribution in [0.3, 0.4) is 0 Å². The quantitative estimate of drug-likeness (QED) is 0.0759. The van der Waals surface area contributed by atoms with Crippen LogP contribution in [0.4, 0.5) is 4.79 Å². The van der Waals surface area contributed by atoms with Gasteiger partial charge in [-0.1, -0.05) is 86.4 Å². The van der Waals surface area contributed by atoms with Crippen LogP contribution in [-0.4, -0.2) is 160 Å². The van der Waals surface area contributed by atoms with E-state index in [1.807, 2.05) is 157 Å². The third kappa shape index (κ3) is 18.8. The smallest absolute Gasteiger partial charge is 0.410 e. The van der Waals surface area contributed by atoms with E-state index < -0.39 is 11.6 Å². The van der Waals surface area contributed by atoms with Gasteiger partial charge in [0, 0.05) is 83.9 Å². The van der Waals surface area contributed by atoms with E-state index in [0.717, 1.165) is 91.1 Å². The number of carbonyl (C=O) groups excluding carboxylic acids is 2. The summed E-state index contributed by atoms with van der Waals surface area (Å²) in [6, 6.07) is 38.8. The molecule has 100 heavy (non-hydrogen) atoms. The van der Waals surface area contributed by atoms with Crippen LogP contribution in [-0.2, 0) is 4.74 Å². The molecule has 5 aromatic heterocycles. The maximum Gasteiger partial charge on any atom is 0.410 e. The molecule has 2 N–H and O–H groups in total. The molecule has 3 fully saturated rings. The van der Waals surface area contributed by atoms with E-state index in [9.17, 15) is 14.4 Å².